The summed E-state index contributed by atoms with van der Waals surface area (Å²) in [4.78, 5) is 27.7. The van der Waals surface area contributed by atoms with E-state index in [2.05, 4.69) is 35.3 Å². The van der Waals surface area contributed by atoms with Crippen molar-refractivity contribution >= 4 is 16.9 Å². The van der Waals surface area contributed by atoms with Crippen LogP contribution in [0.5, 0.6) is 5.75 Å². The van der Waals surface area contributed by atoms with Gasteiger partial charge >= 0.3 is 5.63 Å². The molecule has 6 nitrogen and oxygen atoms in total. The lowest BCUT2D eigenvalue weighted by Crippen LogP contribution is -2.33. The fraction of sp³-hybridized carbons (Fsp3) is 0.429. The van der Waals surface area contributed by atoms with Crippen LogP contribution in [-0.2, 0) is 24.3 Å². The molecule has 0 bridgehead atoms. The number of amides is 1. The molecule has 2 heterocycles. The molecule has 1 aliphatic rings. The van der Waals surface area contributed by atoms with Gasteiger partial charge in [0, 0.05) is 36.5 Å². The highest BCUT2D eigenvalue weighted by atomic mass is 16.5. The number of nitrogens with zero attached hydrogens (tertiary/aromatic N) is 1. The SMILES string of the molecule is COc1ccc2c(C)c(CCC(=O)NCc3ccccc3CN3CCC(C)CC3)c(=O)oc2c1. The van der Waals surface area contributed by atoms with Gasteiger partial charge in [-0.1, -0.05) is 31.2 Å². The third-order valence-corrected chi connectivity index (χ3v) is 6.96. The number of piperidine rings is 1. The topological polar surface area (TPSA) is 71.8 Å². The Bertz CT molecular complexity index is 1210. The maximum atomic E-state index is 12.6. The number of hydrogen-bond donors (Lipinski definition) is 1. The van der Waals surface area contributed by atoms with Crippen molar-refractivity contribution in [3.8, 4) is 5.75 Å². The Kier molecular flexibility index (Phi) is 7.68. The van der Waals surface area contributed by atoms with E-state index in [1.54, 1.807) is 13.2 Å². The number of ether oxygens (including phenoxy) is 1. The van der Waals surface area contributed by atoms with Crippen LogP contribution in [0.15, 0.2) is 51.7 Å². The van der Waals surface area contributed by atoms with Crippen LogP contribution in [0.2, 0.25) is 0 Å². The Balaban J connectivity index is 1.36. The van der Waals surface area contributed by atoms with Crippen molar-refractivity contribution in [2.75, 3.05) is 20.2 Å². The van der Waals surface area contributed by atoms with Crippen molar-refractivity contribution in [3.63, 3.8) is 0 Å². The molecule has 1 saturated heterocycles. The lowest BCUT2D eigenvalue weighted by molar-refractivity contribution is -0.121. The van der Waals surface area contributed by atoms with Gasteiger partial charge in [-0.2, -0.15) is 0 Å². The number of aryl methyl sites for hydroxylation is 1. The smallest absolute Gasteiger partial charge is 0.339 e. The highest BCUT2D eigenvalue weighted by molar-refractivity contribution is 5.82. The molecule has 0 unspecified atom stereocenters. The average Bonchev–Trinajstić information content (AvgIpc) is 2.84. The number of methoxy groups -OCH3 is 1. The Morgan fingerprint density at radius 3 is 2.62 bits per heavy atom. The fourth-order valence-corrected chi connectivity index (χ4v) is 4.66. The monoisotopic (exact) mass is 462 g/mol. The van der Waals surface area contributed by atoms with Gasteiger partial charge in [0.2, 0.25) is 5.91 Å². The van der Waals surface area contributed by atoms with Gasteiger partial charge in [0.1, 0.15) is 11.3 Å². The molecule has 1 aromatic heterocycles. The maximum absolute atomic E-state index is 12.6. The third-order valence-electron chi connectivity index (χ3n) is 6.96. The van der Waals surface area contributed by atoms with Gasteiger partial charge in [0.05, 0.1) is 7.11 Å². The van der Waals surface area contributed by atoms with Gasteiger partial charge in [-0.25, -0.2) is 4.79 Å². The zero-order chi connectivity index (χ0) is 24.1. The van der Waals surface area contributed by atoms with Gasteiger partial charge in [0.15, 0.2) is 0 Å². The molecule has 6 heteroatoms. The van der Waals surface area contributed by atoms with E-state index in [0.29, 0.717) is 29.9 Å². The Hall–Kier alpha value is -3.12. The first-order valence-electron chi connectivity index (χ1n) is 12.1. The van der Waals surface area contributed by atoms with Crippen LogP contribution in [0.3, 0.4) is 0 Å². The molecular weight excluding hydrogens is 428 g/mol. The molecule has 0 saturated carbocycles. The standard InChI is InChI=1S/C28H34N2O4/c1-19-12-14-30(15-13-19)18-22-7-5-4-6-21(22)17-29-27(31)11-10-25-20(2)24-9-8-23(33-3)16-26(24)34-28(25)32/h4-9,16,19H,10-15,17-18H2,1-3H3,(H,29,31). The van der Waals surface area contributed by atoms with Crippen molar-refractivity contribution in [2.24, 2.45) is 5.92 Å². The number of benzene rings is 2. The minimum Gasteiger partial charge on any atom is -0.497 e. The summed E-state index contributed by atoms with van der Waals surface area (Å²) in [5.41, 5.74) is 3.90. The number of carbonyl (C=O) groups excluding carboxylic acids is 1. The second-order valence-corrected chi connectivity index (χ2v) is 9.36. The summed E-state index contributed by atoms with van der Waals surface area (Å²) in [5.74, 6) is 1.37. The molecule has 0 aliphatic carbocycles. The van der Waals surface area contributed by atoms with Crippen LogP contribution >= 0.6 is 0 Å². The van der Waals surface area contributed by atoms with Crippen LogP contribution < -0.4 is 15.7 Å². The van der Waals surface area contributed by atoms with Crippen LogP contribution in [-0.4, -0.2) is 31.0 Å². The van der Waals surface area contributed by atoms with Crippen LogP contribution in [0.1, 0.15) is 48.4 Å². The van der Waals surface area contributed by atoms with Gasteiger partial charge in [-0.05, 0) is 74.0 Å². The second-order valence-electron chi connectivity index (χ2n) is 9.36. The lowest BCUT2D eigenvalue weighted by atomic mass is 9.98. The van der Waals surface area contributed by atoms with Gasteiger partial charge in [0.25, 0.3) is 0 Å². The summed E-state index contributed by atoms with van der Waals surface area (Å²) in [6, 6.07) is 13.7. The first-order chi connectivity index (χ1) is 16.4. The summed E-state index contributed by atoms with van der Waals surface area (Å²) in [5, 5.41) is 3.90. The molecule has 180 valence electrons. The van der Waals surface area contributed by atoms with E-state index in [1.165, 1.54) is 18.4 Å². The van der Waals surface area contributed by atoms with E-state index < -0.39 is 5.63 Å². The van der Waals surface area contributed by atoms with Crippen LogP contribution in [0.4, 0.5) is 0 Å². The maximum Gasteiger partial charge on any atom is 0.339 e. The normalized spacial score (nSPS) is 14.9. The molecule has 0 spiro atoms. The van der Waals surface area contributed by atoms with Crippen molar-refractivity contribution in [2.45, 2.75) is 52.6 Å². The van der Waals surface area contributed by atoms with Gasteiger partial charge < -0.3 is 14.5 Å². The zero-order valence-electron chi connectivity index (χ0n) is 20.4. The summed E-state index contributed by atoms with van der Waals surface area (Å²) < 4.78 is 10.7. The molecule has 0 radical (unpaired) electrons. The number of rotatable bonds is 8. The van der Waals surface area contributed by atoms with Crippen molar-refractivity contribution in [1.29, 1.82) is 0 Å². The number of nitrogens with one attached hydrogen (secondary N) is 1. The van der Waals surface area contributed by atoms with Crippen molar-refractivity contribution in [3.05, 3.63) is 75.1 Å². The second kappa shape index (κ2) is 10.9. The number of hydrogen-bond acceptors (Lipinski definition) is 5. The quantitative estimate of drug-likeness (QED) is 0.496. The molecular formula is C28H34N2O4. The minimum absolute atomic E-state index is 0.0739. The lowest BCUT2D eigenvalue weighted by Gasteiger charge is -2.30. The summed E-state index contributed by atoms with van der Waals surface area (Å²) in [6.45, 7) is 7.88. The van der Waals surface area contributed by atoms with E-state index in [9.17, 15) is 9.59 Å². The third kappa shape index (κ3) is 5.68. The summed E-state index contributed by atoms with van der Waals surface area (Å²) in [6.07, 6.45) is 3.07. The van der Waals surface area contributed by atoms with E-state index in [0.717, 1.165) is 42.1 Å². The molecule has 0 atom stereocenters. The van der Waals surface area contributed by atoms with E-state index in [-0.39, 0.29) is 12.3 Å². The average molecular weight is 463 g/mol. The van der Waals surface area contributed by atoms with E-state index >= 15 is 0 Å². The number of likely N-dealkylation sites (tertiary alicyclic amines) is 1. The first-order valence-corrected chi connectivity index (χ1v) is 12.1. The minimum atomic E-state index is -0.396. The molecule has 1 N–H and O–H groups in total. The van der Waals surface area contributed by atoms with E-state index in [4.69, 9.17) is 9.15 Å². The van der Waals surface area contributed by atoms with Crippen molar-refractivity contribution < 1.29 is 13.9 Å². The van der Waals surface area contributed by atoms with Crippen LogP contribution in [0.25, 0.3) is 11.0 Å². The first kappa shape index (κ1) is 24.0. The number of fused-ring (bicyclic) bond motifs is 1. The molecule has 1 amide bonds. The molecule has 1 fully saturated rings. The summed E-state index contributed by atoms with van der Waals surface area (Å²) >= 11 is 0. The Labute approximate surface area is 200 Å². The highest BCUT2D eigenvalue weighted by Crippen LogP contribution is 2.24. The largest absolute Gasteiger partial charge is 0.497 e. The van der Waals surface area contributed by atoms with Crippen LogP contribution in [0, 0.1) is 12.8 Å². The zero-order valence-corrected chi connectivity index (χ0v) is 20.4. The van der Waals surface area contributed by atoms with Gasteiger partial charge in [-0.3, -0.25) is 9.69 Å². The van der Waals surface area contributed by atoms with E-state index in [1.807, 2.05) is 25.1 Å². The summed E-state index contributed by atoms with van der Waals surface area (Å²) in [7, 11) is 1.58. The predicted octanol–water partition coefficient (Wildman–Crippen LogP) is 4.59. The Morgan fingerprint density at radius 1 is 1.15 bits per heavy atom. The molecule has 1 aliphatic heterocycles. The van der Waals surface area contributed by atoms with Crippen molar-refractivity contribution in [1.82, 2.24) is 10.2 Å². The number of carbonyl (C=O) groups is 1. The highest BCUT2D eigenvalue weighted by Gasteiger charge is 2.17. The Morgan fingerprint density at radius 2 is 1.88 bits per heavy atom. The molecule has 4 rings (SSSR count). The molecule has 3 aromatic rings. The van der Waals surface area contributed by atoms with Gasteiger partial charge in [-0.15, -0.1) is 0 Å². The predicted molar refractivity (Wildman–Crippen MR) is 134 cm³/mol. The molecule has 2 aromatic carbocycles. The molecule has 34 heavy (non-hydrogen) atoms. The fourth-order valence-electron chi connectivity index (χ4n) is 4.66.